The zero-order valence-corrected chi connectivity index (χ0v) is 7.67. The maximum Gasteiger partial charge on any atom is 0.252 e. The van der Waals surface area contributed by atoms with Gasteiger partial charge in [0, 0.05) is 5.56 Å². The second kappa shape index (κ2) is 2.42. The Hall–Kier alpha value is -1.16. The Morgan fingerprint density at radius 2 is 2.31 bits per heavy atom. The number of benzene rings is 1. The molecule has 0 spiro atoms. The number of rotatable bonds is 0. The van der Waals surface area contributed by atoms with E-state index in [2.05, 4.69) is 11.5 Å². The van der Waals surface area contributed by atoms with Crippen LogP contribution in [0.25, 0.3) is 0 Å². The zero-order valence-electron chi connectivity index (χ0n) is 6.86. The van der Waals surface area contributed by atoms with Gasteiger partial charge in [0.1, 0.15) is 5.37 Å². The largest absolute Gasteiger partial charge is 0.294 e. The molecule has 3 nitrogen and oxygen atoms in total. The van der Waals surface area contributed by atoms with Gasteiger partial charge in [0.2, 0.25) is 0 Å². The minimum Gasteiger partial charge on any atom is -0.294 e. The molecule has 1 fully saturated rings. The third-order valence-corrected chi connectivity index (χ3v) is 3.53. The molecule has 66 valence electrons. The van der Waals surface area contributed by atoms with E-state index in [-0.39, 0.29) is 11.3 Å². The van der Waals surface area contributed by atoms with E-state index in [4.69, 9.17) is 0 Å². The van der Waals surface area contributed by atoms with Gasteiger partial charge in [-0.3, -0.25) is 10.2 Å². The van der Waals surface area contributed by atoms with Crippen molar-refractivity contribution < 1.29 is 4.79 Å². The molecule has 0 radical (unpaired) electrons. The molecule has 2 heterocycles. The van der Waals surface area contributed by atoms with Crippen molar-refractivity contribution in [2.75, 3.05) is 11.2 Å². The molecule has 3 rings (SSSR count). The Balaban J connectivity index is 2.09. The first-order valence-corrected chi connectivity index (χ1v) is 5.20. The predicted octanol–water partition coefficient (Wildman–Crippen LogP) is 1.60. The molecule has 0 bridgehead atoms. The number of anilines is 1. The molecule has 0 saturated carbocycles. The molecule has 1 unspecified atom stereocenters. The summed E-state index contributed by atoms with van der Waals surface area (Å²) in [5, 5.41) is 1.92. The fourth-order valence-corrected chi connectivity index (χ4v) is 2.86. The molecule has 4 heteroatoms. The van der Waals surface area contributed by atoms with E-state index in [1.165, 1.54) is 5.56 Å². The van der Waals surface area contributed by atoms with Gasteiger partial charge in [-0.1, -0.05) is 18.2 Å². The lowest BCUT2D eigenvalue weighted by Gasteiger charge is -2.13. The van der Waals surface area contributed by atoms with Crippen molar-refractivity contribution in [2.45, 2.75) is 5.37 Å². The smallest absolute Gasteiger partial charge is 0.252 e. The number of fused-ring (bicyclic) bond motifs is 3. The summed E-state index contributed by atoms with van der Waals surface area (Å²) in [6, 6.07) is 8.05. The van der Waals surface area contributed by atoms with Crippen molar-refractivity contribution in [1.29, 1.82) is 0 Å². The number of thioether (sulfide) groups is 1. The maximum atomic E-state index is 11.4. The lowest BCUT2D eigenvalue weighted by Crippen LogP contribution is -2.28. The number of hydrogen-bond donors (Lipinski definition) is 1. The highest BCUT2D eigenvalue weighted by molar-refractivity contribution is 8.00. The quantitative estimate of drug-likeness (QED) is 0.677. The number of nitrogens with one attached hydrogen (secondary N) is 1. The highest BCUT2D eigenvalue weighted by Crippen LogP contribution is 2.46. The van der Waals surface area contributed by atoms with Crippen LogP contribution in [0, 0.1) is 0 Å². The fraction of sp³-hybridized carbons (Fsp3) is 0.222. The van der Waals surface area contributed by atoms with E-state index in [0.29, 0.717) is 5.75 Å². The molecule has 13 heavy (non-hydrogen) atoms. The fourth-order valence-electron chi connectivity index (χ4n) is 1.72. The minimum atomic E-state index is 0.172. The maximum absolute atomic E-state index is 11.4. The van der Waals surface area contributed by atoms with Crippen LogP contribution in [-0.4, -0.2) is 16.7 Å². The normalized spacial score (nSPS) is 24.2. The lowest BCUT2D eigenvalue weighted by atomic mass is 10.2. The molecule has 1 N–H and O–H groups in total. The van der Waals surface area contributed by atoms with Gasteiger partial charge >= 0.3 is 0 Å². The highest BCUT2D eigenvalue weighted by Gasteiger charge is 2.39. The molecule has 1 aromatic rings. The van der Waals surface area contributed by atoms with E-state index < -0.39 is 0 Å². The van der Waals surface area contributed by atoms with Gasteiger partial charge in [0.05, 0.1) is 11.4 Å². The van der Waals surface area contributed by atoms with Crippen LogP contribution in [0.3, 0.4) is 0 Å². The summed E-state index contributed by atoms with van der Waals surface area (Å²) >= 11 is 1.68. The predicted molar refractivity (Wildman–Crippen MR) is 52.1 cm³/mol. The molecule has 1 aromatic carbocycles. The Bertz CT molecular complexity index is 380. The topological polar surface area (TPSA) is 32.3 Å². The van der Waals surface area contributed by atoms with Crippen molar-refractivity contribution >= 4 is 23.4 Å². The summed E-state index contributed by atoms with van der Waals surface area (Å²) < 4.78 is 0. The molecular formula is C9H8N2OS. The molecule has 2 aliphatic heterocycles. The Morgan fingerprint density at radius 3 is 3.23 bits per heavy atom. The van der Waals surface area contributed by atoms with E-state index in [9.17, 15) is 4.79 Å². The van der Waals surface area contributed by atoms with Crippen LogP contribution in [0.5, 0.6) is 0 Å². The number of hydrogen-bond acceptors (Lipinski definition) is 3. The van der Waals surface area contributed by atoms with Crippen molar-refractivity contribution in [1.82, 2.24) is 5.01 Å². The first kappa shape index (κ1) is 7.26. The van der Waals surface area contributed by atoms with E-state index in [1.54, 1.807) is 16.8 Å². The van der Waals surface area contributed by atoms with Crippen molar-refractivity contribution in [3.63, 3.8) is 0 Å². The Morgan fingerprint density at radius 1 is 1.46 bits per heavy atom. The van der Waals surface area contributed by atoms with Crippen LogP contribution >= 0.6 is 11.8 Å². The summed E-state index contributed by atoms with van der Waals surface area (Å²) in [4.78, 5) is 11.4. The number of nitrogens with zero attached hydrogens (tertiary/aromatic N) is 1. The first-order valence-electron chi connectivity index (χ1n) is 4.15. The van der Waals surface area contributed by atoms with Gasteiger partial charge in [-0.25, -0.2) is 5.01 Å². The average Bonchev–Trinajstić information content (AvgIpc) is 2.67. The third kappa shape index (κ3) is 0.891. The molecule has 1 saturated heterocycles. The second-order valence-corrected chi connectivity index (χ2v) is 4.19. The zero-order chi connectivity index (χ0) is 8.84. The summed E-state index contributed by atoms with van der Waals surface area (Å²) in [6.07, 6.45) is 0. The third-order valence-electron chi connectivity index (χ3n) is 2.34. The molecular weight excluding hydrogens is 184 g/mol. The van der Waals surface area contributed by atoms with E-state index in [1.807, 2.05) is 18.2 Å². The standard InChI is InChI=1S/C9H8N2OS/c12-8-5-13-9-6-3-1-2-4-7(6)10-11(8)9/h1-4,9-10H,5H2. The number of para-hydroxylation sites is 1. The first-order chi connectivity index (χ1) is 6.36. The molecule has 2 aliphatic rings. The van der Waals surface area contributed by atoms with Gasteiger partial charge in [0.25, 0.3) is 5.91 Å². The SMILES string of the molecule is O=C1CSC2c3ccccc3NN12. The van der Waals surface area contributed by atoms with Crippen LogP contribution in [0.2, 0.25) is 0 Å². The van der Waals surface area contributed by atoms with Gasteiger partial charge in [-0.05, 0) is 6.07 Å². The minimum absolute atomic E-state index is 0.172. The van der Waals surface area contributed by atoms with E-state index >= 15 is 0 Å². The summed E-state index contributed by atoms with van der Waals surface area (Å²) in [5.74, 6) is 0.762. The number of hydrazine groups is 1. The van der Waals surface area contributed by atoms with Crippen LogP contribution in [0.4, 0.5) is 5.69 Å². The Labute approximate surface area is 80.1 Å². The van der Waals surface area contributed by atoms with Gasteiger partial charge in [-0.2, -0.15) is 0 Å². The second-order valence-electron chi connectivity index (χ2n) is 3.13. The summed E-state index contributed by atoms with van der Waals surface area (Å²) in [5.41, 5.74) is 5.39. The number of carbonyl (C=O) groups is 1. The molecule has 0 aliphatic carbocycles. The summed E-state index contributed by atoms with van der Waals surface area (Å²) in [7, 11) is 0. The number of carbonyl (C=O) groups excluding carboxylic acids is 1. The monoisotopic (exact) mass is 192 g/mol. The van der Waals surface area contributed by atoms with Gasteiger partial charge in [-0.15, -0.1) is 11.8 Å². The van der Waals surface area contributed by atoms with Gasteiger partial charge < -0.3 is 0 Å². The van der Waals surface area contributed by atoms with Crippen LogP contribution in [-0.2, 0) is 4.79 Å². The van der Waals surface area contributed by atoms with Crippen molar-refractivity contribution in [2.24, 2.45) is 0 Å². The van der Waals surface area contributed by atoms with Crippen molar-refractivity contribution in [3.05, 3.63) is 29.8 Å². The summed E-state index contributed by atoms with van der Waals surface area (Å²) in [6.45, 7) is 0. The molecule has 0 aromatic heterocycles. The van der Waals surface area contributed by atoms with E-state index in [0.717, 1.165) is 5.69 Å². The average molecular weight is 192 g/mol. The highest BCUT2D eigenvalue weighted by atomic mass is 32.2. The van der Waals surface area contributed by atoms with Crippen molar-refractivity contribution in [3.8, 4) is 0 Å². The number of amides is 1. The molecule has 1 amide bonds. The van der Waals surface area contributed by atoms with Crippen LogP contribution in [0.1, 0.15) is 10.9 Å². The van der Waals surface area contributed by atoms with Gasteiger partial charge in [0.15, 0.2) is 0 Å². The lowest BCUT2D eigenvalue weighted by molar-refractivity contribution is -0.126. The van der Waals surface area contributed by atoms with Crippen LogP contribution < -0.4 is 5.43 Å². The Kier molecular flexibility index (Phi) is 1.35. The van der Waals surface area contributed by atoms with Crippen LogP contribution in [0.15, 0.2) is 24.3 Å². The molecule has 1 atom stereocenters.